The summed E-state index contributed by atoms with van der Waals surface area (Å²) >= 11 is 3.87. The summed E-state index contributed by atoms with van der Waals surface area (Å²) in [7, 11) is 0. The van der Waals surface area contributed by atoms with Crippen LogP contribution in [0.2, 0.25) is 0 Å². The van der Waals surface area contributed by atoms with Gasteiger partial charge in [0.05, 0.1) is 0 Å². The summed E-state index contributed by atoms with van der Waals surface area (Å²) in [6, 6.07) is -2.40. The van der Waals surface area contributed by atoms with E-state index in [0.717, 1.165) is 0 Å². The van der Waals surface area contributed by atoms with E-state index >= 15 is 0 Å². The van der Waals surface area contributed by atoms with Crippen molar-refractivity contribution in [2.45, 2.75) is 77.7 Å². The summed E-state index contributed by atoms with van der Waals surface area (Å²) in [6.45, 7) is 10.1. The van der Waals surface area contributed by atoms with Crippen LogP contribution in [0.25, 0.3) is 0 Å². The van der Waals surface area contributed by atoms with Crippen molar-refractivity contribution in [3.63, 3.8) is 0 Å². The first-order valence-corrected chi connectivity index (χ1v) is 9.13. The molecule has 156 valence electrons. The summed E-state index contributed by atoms with van der Waals surface area (Å²) in [4.78, 5) is 47.3. The normalized spacial score (nSPS) is 13.9. The van der Waals surface area contributed by atoms with Gasteiger partial charge in [-0.1, -0.05) is 0 Å². The van der Waals surface area contributed by atoms with Crippen molar-refractivity contribution < 1.29 is 33.8 Å². The lowest BCUT2D eigenvalue weighted by Gasteiger charge is -2.24. The van der Waals surface area contributed by atoms with Crippen molar-refractivity contribution in [3.8, 4) is 0 Å². The molecule has 0 radical (unpaired) electrons. The fraction of sp³-hybridized carbons (Fsp3) is 0.765. The highest BCUT2D eigenvalue weighted by Gasteiger charge is 2.29. The molecule has 2 atom stereocenters. The van der Waals surface area contributed by atoms with Gasteiger partial charge in [-0.2, -0.15) is 12.6 Å². The fourth-order valence-corrected chi connectivity index (χ4v) is 2.08. The molecule has 0 aromatic heterocycles. The Morgan fingerprint density at radius 3 is 1.85 bits per heavy atom. The van der Waals surface area contributed by atoms with Crippen LogP contribution in [-0.4, -0.2) is 58.1 Å². The molecule has 0 saturated carbocycles. The van der Waals surface area contributed by atoms with Gasteiger partial charge in [-0.15, -0.1) is 0 Å². The highest BCUT2D eigenvalue weighted by molar-refractivity contribution is 7.80. The summed E-state index contributed by atoms with van der Waals surface area (Å²) in [6.07, 6.45) is -1.09. The van der Waals surface area contributed by atoms with Crippen LogP contribution in [-0.2, 0) is 23.9 Å². The van der Waals surface area contributed by atoms with Crippen molar-refractivity contribution in [2.24, 2.45) is 0 Å². The van der Waals surface area contributed by atoms with Crippen LogP contribution < -0.4 is 10.6 Å². The Kier molecular flexibility index (Phi) is 9.63. The Morgan fingerprint density at radius 2 is 1.44 bits per heavy atom. The molecule has 9 nitrogen and oxygen atoms in total. The lowest BCUT2D eigenvalue weighted by molar-refractivity contribution is -0.155. The van der Waals surface area contributed by atoms with E-state index in [2.05, 4.69) is 23.3 Å². The number of aliphatic carboxylic acids is 1. The van der Waals surface area contributed by atoms with Crippen LogP contribution in [0.15, 0.2) is 0 Å². The minimum Gasteiger partial charge on any atom is -0.480 e. The molecular weight excluding hydrogens is 376 g/mol. The molecule has 0 aliphatic carbocycles. The van der Waals surface area contributed by atoms with Gasteiger partial charge < -0.3 is 25.2 Å². The SMILES string of the molecule is CC(C)(C)OC(=O)CC[C@H](NC(=O)OC(C)(C)C)C(=O)N[C@@H](CS)C(=O)O. The number of ether oxygens (including phenoxy) is 2. The molecule has 0 rings (SSSR count). The number of hydrogen-bond acceptors (Lipinski definition) is 7. The number of hydrogen-bond donors (Lipinski definition) is 4. The van der Waals surface area contributed by atoms with Crippen molar-refractivity contribution in [3.05, 3.63) is 0 Å². The summed E-state index contributed by atoms with van der Waals surface area (Å²) in [5.74, 6) is -2.70. The van der Waals surface area contributed by atoms with Crippen molar-refractivity contribution in [1.29, 1.82) is 0 Å². The molecule has 0 aliphatic heterocycles. The zero-order valence-corrected chi connectivity index (χ0v) is 17.5. The van der Waals surface area contributed by atoms with E-state index in [-0.39, 0.29) is 18.6 Å². The van der Waals surface area contributed by atoms with E-state index in [1.54, 1.807) is 41.5 Å². The highest BCUT2D eigenvalue weighted by atomic mass is 32.1. The Hall–Kier alpha value is -1.97. The molecule has 0 unspecified atom stereocenters. The molecule has 10 heteroatoms. The number of rotatable bonds is 8. The topological polar surface area (TPSA) is 131 Å². The summed E-state index contributed by atoms with van der Waals surface area (Å²) < 4.78 is 10.3. The number of carbonyl (C=O) groups is 4. The van der Waals surface area contributed by atoms with Crippen LogP contribution in [0, 0.1) is 0 Å². The highest BCUT2D eigenvalue weighted by Crippen LogP contribution is 2.11. The van der Waals surface area contributed by atoms with Crippen LogP contribution >= 0.6 is 12.6 Å². The van der Waals surface area contributed by atoms with Gasteiger partial charge in [0.2, 0.25) is 5.91 Å². The maximum Gasteiger partial charge on any atom is 0.408 e. The van der Waals surface area contributed by atoms with Gasteiger partial charge in [0.1, 0.15) is 23.3 Å². The zero-order chi connectivity index (χ0) is 21.4. The monoisotopic (exact) mass is 406 g/mol. The molecule has 0 spiro atoms. The molecule has 27 heavy (non-hydrogen) atoms. The third kappa shape index (κ3) is 12.1. The minimum atomic E-state index is -1.26. The van der Waals surface area contributed by atoms with Crippen LogP contribution in [0.4, 0.5) is 4.79 Å². The molecule has 0 aromatic rings. The number of amides is 2. The molecule has 0 bridgehead atoms. The largest absolute Gasteiger partial charge is 0.480 e. The first-order valence-electron chi connectivity index (χ1n) is 8.50. The molecule has 2 amide bonds. The van der Waals surface area contributed by atoms with Gasteiger partial charge in [0.15, 0.2) is 0 Å². The Bertz CT molecular complexity index is 552. The lowest BCUT2D eigenvalue weighted by atomic mass is 10.1. The van der Waals surface area contributed by atoms with Crippen LogP contribution in [0.5, 0.6) is 0 Å². The first-order chi connectivity index (χ1) is 12.1. The van der Waals surface area contributed by atoms with E-state index in [1.807, 2.05) is 0 Å². The van der Waals surface area contributed by atoms with Crippen molar-refractivity contribution >= 4 is 36.6 Å². The van der Waals surface area contributed by atoms with Gasteiger partial charge >= 0.3 is 18.0 Å². The van der Waals surface area contributed by atoms with Gasteiger partial charge in [-0.25, -0.2) is 9.59 Å². The predicted octanol–water partition coefficient (Wildman–Crippen LogP) is 1.50. The minimum absolute atomic E-state index is 0.0844. The average molecular weight is 407 g/mol. The molecule has 0 aromatic carbocycles. The second-order valence-electron chi connectivity index (χ2n) is 7.91. The second kappa shape index (κ2) is 10.4. The Labute approximate surface area is 165 Å². The summed E-state index contributed by atoms with van der Waals surface area (Å²) in [5.41, 5.74) is -1.47. The Balaban J connectivity index is 5.08. The number of nitrogens with one attached hydrogen (secondary N) is 2. The number of alkyl carbamates (subject to hydrolysis) is 1. The molecule has 0 aliphatic rings. The maximum absolute atomic E-state index is 12.4. The third-order valence-electron chi connectivity index (χ3n) is 2.86. The fourth-order valence-electron chi connectivity index (χ4n) is 1.83. The van der Waals surface area contributed by atoms with E-state index in [9.17, 15) is 19.2 Å². The zero-order valence-electron chi connectivity index (χ0n) is 16.6. The lowest BCUT2D eigenvalue weighted by Crippen LogP contribution is -2.53. The van der Waals surface area contributed by atoms with E-state index in [0.29, 0.717) is 0 Å². The third-order valence-corrected chi connectivity index (χ3v) is 3.23. The molecule has 0 heterocycles. The van der Waals surface area contributed by atoms with Gasteiger partial charge in [-0.05, 0) is 48.0 Å². The van der Waals surface area contributed by atoms with Crippen molar-refractivity contribution in [2.75, 3.05) is 5.75 Å². The smallest absolute Gasteiger partial charge is 0.408 e. The molecular formula is C17H30N2O7S. The standard InChI is InChI=1S/C17H30N2O7S/c1-16(2,3)25-12(20)8-7-10(19-15(24)26-17(4,5)6)13(21)18-11(9-27)14(22)23/h10-11,27H,7-9H2,1-6H3,(H,18,21)(H,19,24)(H,22,23)/t10-,11-/m0/s1. The number of esters is 1. The van der Waals surface area contributed by atoms with E-state index in [1.165, 1.54) is 0 Å². The van der Waals surface area contributed by atoms with Crippen LogP contribution in [0.1, 0.15) is 54.4 Å². The quantitative estimate of drug-likeness (QED) is 0.355. The molecule has 0 fully saturated rings. The number of carbonyl (C=O) groups excluding carboxylic acids is 3. The molecule has 0 saturated heterocycles. The van der Waals surface area contributed by atoms with Crippen LogP contribution in [0.3, 0.4) is 0 Å². The van der Waals surface area contributed by atoms with Crippen molar-refractivity contribution in [1.82, 2.24) is 10.6 Å². The van der Waals surface area contributed by atoms with Gasteiger partial charge in [-0.3, -0.25) is 9.59 Å². The average Bonchev–Trinajstić information content (AvgIpc) is 2.44. The predicted molar refractivity (Wildman–Crippen MR) is 102 cm³/mol. The first kappa shape index (κ1) is 25.0. The van der Waals surface area contributed by atoms with Gasteiger partial charge in [0.25, 0.3) is 0 Å². The van der Waals surface area contributed by atoms with E-state index in [4.69, 9.17) is 14.6 Å². The molecule has 3 N–H and O–H groups in total. The maximum atomic E-state index is 12.4. The number of carboxylic acid groups (broad SMARTS) is 1. The Morgan fingerprint density at radius 1 is 0.926 bits per heavy atom. The van der Waals surface area contributed by atoms with E-state index < -0.39 is 47.2 Å². The summed E-state index contributed by atoms with van der Waals surface area (Å²) in [5, 5.41) is 13.7. The number of carboxylic acids is 1. The van der Waals surface area contributed by atoms with Gasteiger partial charge in [0, 0.05) is 12.2 Å². The number of thiol groups is 1. The second-order valence-corrected chi connectivity index (χ2v) is 8.27.